The number of benzene rings is 1. The highest BCUT2D eigenvalue weighted by Gasteiger charge is 2.18. The van der Waals surface area contributed by atoms with Crippen LogP contribution in [0.4, 0.5) is 0 Å². The third-order valence-electron chi connectivity index (χ3n) is 2.73. The van der Waals surface area contributed by atoms with E-state index in [9.17, 15) is 4.79 Å². The lowest BCUT2D eigenvalue weighted by atomic mass is 10.2. The highest BCUT2D eigenvalue weighted by Crippen LogP contribution is 2.20. The highest BCUT2D eigenvalue weighted by atomic mass is 79.9. The Hall–Kier alpha value is -2.06. The minimum Gasteiger partial charge on any atom is -0.349 e. The summed E-state index contributed by atoms with van der Waals surface area (Å²) in [5, 5.41) is 12.0. The lowest BCUT2D eigenvalue weighted by Gasteiger charge is -2.12. The molecule has 2 rings (SSSR count). The number of hydrogen-bond donors (Lipinski definition) is 1. The molecule has 2 aromatic rings. The number of aromatic nitrogens is 1. The Morgan fingerprint density at radius 1 is 1.40 bits per heavy atom. The van der Waals surface area contributed by atoms with Crippen molar-refractivity contribution >= 4 is 21.8 Å². The van der Waals surface area contributed by atoms with Crippen LogP contribution in [0.15, 0.2) is 41.0 Å². The monoisotopic (exact) mass is 331 g/mol. The SMILES string of the molecule is CC(C)NC(=O)c1c(C#N)ccn1-c1cccc(Br)c1. The molecule has 1 aromatic heterocycles. The van der Waals surface area contributed by atoms with E-state index in [1.165, 1.54) is 0 Å². The molecule has 1 N–H and O–H groups in total. The van der Waals surface area contributed by atoms with Gasteiger partial charge in [0.25, 0.3) is 5.91 Å². The van der Waals surface area contributed by atoms with E-state index >= 15 is 0 Å². The molecule has 0 unspecified atom stereocenters. The zero-order valence-electron chi connectivity index (χ0n) is 11.2. The normalized spacial score (nSPS) is 10.3. The van der Waals surface area contributed by atoms with E-state index in [0.29, 0.717) is 11.3 Å². The number of nitrogens with one attached hydrogen (secondary N) is 1. The van der Waals surface area contributed by atoms with Crippen LogP contribution < -0.4 is 5.32 Å². The summed E-state index contributed by atoms with van der Waals surface area (Å²) in [6.07, 6.45) is 1.73. The number of nitriles is 1. The van der Waals surface area contributed by atoms with Gasteiger partial charge in [-0.05, 0) is 38.1 Å². The summed E-state index contributed by atoms with van der Waals surface area (Å²) in [4.78, 5) is 12.3. The average molecular weight is 332 g/mol. The summed E-state index contributed by atoms with van der Waals surface area (Å²) in [6.45, 7) is 3.77. The molecule has 0 saturated heterocycles. The standard InChI is InChI=1S/C15H14BrN3O/c1-10(2)18-15(20)14-11(9-17)6-7-19(14)13-5-3-4-12(16)8-13/h3-8,10H,1-2H3,(H,18,20). The number of rotatable bonds is 3. The Bertz CT molecular complexity index is 683. The van der Waals surface area contributed by atoms with Crippen molar-refractivity contribution in [3.8, 4) is 11.8 Å². The summed E-state index contributed by atoms with van der Waals surface area (Å²) in [7, 11) is 0. The van der Waals surface area contributed by atoms with Gasteiger partial charge in [-0.3, -0.25) is 4.79 Å². The van der Waals surface area contributed by atoms with Crippen LogP contribution in [-0.2, 0) is 0 Å². The summed E-state index contributed by atoms with van der Waals surface area (Å²) >= 11 is 3.41. The summed E-state index contributed by atoms with van der Waals surface area (Å²) in [5.74, 6) is -0.249. The molecule has 5 heteroatoms. The molecule has 0 fully saturated rings. The van der Waals surface area contributed by atoms with Crippen molar-refractivity contribution in [3.63, 3.8) is 0 Å². The van der Waals surface area contributed by atoms with Gasteiger partial charge in [0.2, 0.25) is 0 Å². The smallest absolute Gasteiger partial charge is 0.269 e. The summed E-state index contributed by atoms with van der Waals surface area (Å²) in [6, 6.07) is 11.3. The van der Waals surface area contributed by atoms with E-state index in [2.05, 4.69) is 27.3 Å². The lowest BCUT2D eigenvalue weighted by molar-refractivity contribution is 0.0936. The number of halogens is 1. The van der Waals surface area contributed by atoms with Gasteiger partial charge in [-0.1, -0.05) is 22.0 Å². The van der Waals surface area contributed by atoms with E-state index < -0.39 is 0 Å². The number of hydrogen-bond acceptors (Lipinski definition) is 2. The molecule has 1 heterocycles. The molecule has 102 valence electrons. The molecule has 0 bridgehead atoms. The topological polar surface area (TPSA) is 57.8 Å². The first-order valence-corrected chi connectivity index (χ1v) is 7.00. The Labute approximate surface area is 126 Å². The highest BCUT2D eigenvalue weighted by molar-refractivity contribution is 9.10. The largest absolute Gasteiger partial charge is 0.349 e. The Balaban J connectivity index is 2.53. The third kappa shape index (κ3) is 2.91. The fourth-order valence-electron chi connectivity index (χ4n) is 1.93. The van der Waals surface area contributed by atoms with E-state index in [0.717, 1.165) is 10.2 Å². The van der Waals surface area contributed by atoms with Crippen molar-refractivity contribution < 1.29 is 4.79 Å². The van der Waals surface area contributed by atoms with Crippen molar-refractivity contribution in [2.24, 2.45) is 0 Å². The maximum atomic E-state index is 12.3. The van der Waals surface area contributed by atoms with Gasteiger partial charge in [-0.15, -0.1) is 0 Å². The molecule has 20 heavy (non-hydrogen) atoms. The molecule has 0 aliphatic rings. The van der Waals surface area contributed by atoms with Crippen molar-refractivity contribution in [1.82, 2.24) is 9.88 Å². The van der Waals surface area contributed by atoms with Crippen LogP contribution in [0, 0.1) is 11.3 Å². The van der Waals surface area contributed by atoms with E-state index in [4.69, 9.17) is 5.26 Å². The zero-order valence-corrected chi connectivity index (χ0v) is 12.8. The second kappa shape index (κ2) is 5.93. The second-order valence-corrected chi connectivity index (χ2v) is 5.58. The summed E-state index contributed by atoms with van der Waals surface area (Å²) in [5.41, 5.74) is 1.55. The molecule has 0 aliphatic carbocycles. The van der Waals surface area contributed by atoms with Gasteiger partial charge >= 0.3 is 0 Å². The third-order valence-corrected chi connectivity index (χ3v) is 3.22. The quantitative estimate of drug-likeness (QED) is 0.938. The zero-order chi connectivity index (χ0) is 14.7. The predicted molar refractivity (Wildman–Crippen MR) is 80.8 cm³/mol. The van der Waals surface area contributed by atoms with Gasteiger partial charge in [-0.25, -0.2) is 0 Å². The minimum absolute atomic E-state index is 0.0138. The van der Waals surface area contributed by atoms with Crippen molar-refractivity contribution in [2.45, 2.75) is 19.9 Å². The Kier molecular flexibility index (Phi) is 4.26. The number of carbonyl (C=O) groups is 1. The fourth-order valence-corrected chi connectivity index (χ4v) is 2.31. The molecule has 1 amide bonds. The Morgan fingerprint density at radius 3 is 2.75 bits per heavy atom. The average Bonchev–Trinajstić information content (AvgIpc) is 2.81. The molecule has 4 nitrogen and oxygen atoms in total. The van der Waals surface area contributed by atoms with E-state index in [-0.39, 0.29) is 11.9 Å². The first-order valence-electron chi connectivity index (χ1n) is 6.21. The summed E-state index contributed by atoms with van der Waals surface area (Å²) < 4.78 is 2.64. The van der Waals surface area contributed by atoms with Gasteiger partial charge in [0.05, 0.1) is 5.56 Å². The van der Waals surface area contributed by atoms with Crippen LogP contribution in [-0.4, -0.2) is 16.5 Å². The maximum absolute atomic E-state index is 12.3. The van der Waals surface area contributed by atoms with Crippen molar-refractivity contribution in [3.05, 3.63) is 52.3 Å². The molecular formula is C15H14BrN3O. The van der Waals surface area contributed by atoms with Crippen molar-refractivity contribution in [2.75, 3.05) is 0 Å². The van der Waals surface area contributed by atoms with Gasteiger partial charge in [0, 0.05) is 22.4 Å². The van der Waals surface area contributed by atoms with Crippen LogP contribution in [0.3, 0.4) is 0 Å². The van der Waals surface area contributed by atoms with Gasteiger partial charge in [0.15, 0.2) is 0 Å². The molecule has 0 radical (unpaired) electrons. The Morgan fingerprint density at radius 2 is 2.15 bits per heavy atom. The van der Waals surface area contributed by atoms with Crippen LogP contribution in [0.5, 0.6) is 0 Å². The van der Waals surface area contributed by atoms with Crippen LogP contribution in [0.2, 0.25) is 0 Å². The van der Waals surface area contributed by atoms with Gasteiger partial charge in [-0.2, -0.15) is 5.26 Å². The van der Waals surface area contributed by atoms with Crippen LogP contribution in [0.25, 0.3) is 5.69 Å². The lowest BCUT2D eigenvalue weighted by Crippen LogP contribution is -2.32. The van der Waals surface area contributed by atoms with E-state index in [1.807, 2.05) is 38.1 Å². The van der Waals surface area contributed by atoms with Gasteiger partial charge < -0.3 is 9.88 Å². The first kappa shape index (κ1) is 14.4. The predicted octanol–water partition coefficient (Wildman–Crippen LogP) is 3.25. The minimum atomic E-state index is -0.249. The fraction of sp³-hybridized carbons (Fsp3) is 0.200. The molecule has 1 aromatic carbocycles. The molecule has 0 atom stereocenters. The first-order chi connectivity index (χ1) is 9.52. The second-order valence-electron chi connectivity index (χ2n) is 4.67. The molecule has 0 spiro atoms. The maximum Gasteiger partial charge on any atom is 0.269 e. The van der Waals surface area contributed by atoms with Crippen molar-refractivity contribution in [1.29, 1.82) is 5.26 Å². The number of amides is 1. The van der Waals surface area contributed by atoms with Crippen LogP contribution in [0.1, 0.15) is 29.9 Å². The molecular weight excluding hydrogens is 318 g/mol. The molecule has 0 aliphatic heterocycles. The number of carbonyl (C=O) groups excluding carboxylic acids is 1. The van der Waals surface area contributed by atoms with Gasteiger partial charge in [0.1, 0.15) is 11.8 Å². The number of nitrogens with zero attached hydrogens (tertiary/aromatic N) is 2. The molecule has 0 saturated carbocycles. The van der Waals surface area contributed by atoms with Crippen LogP contribution >= 0.6 is 15.9 Å². The van der Waals surface area contributed by atoms with E-state index in [1.54, 1.807) is 16.8 Å².